The van der Waals surface area contributed by atoms with Crippen molar-refractivity contribution < 1.29 is 4.79 Å². The van der Waals surface area contributed by atoms with E-state index in [2.05, 4.69) is 12.6 Å². The van der Waals surface area contributed by atoms with Gasteiger partial charge in [0.15, 0.2) is 0 Å². The number of amides is 1. The van der Waals surface area contributed by atoms with Gasteiger partial charge >= 0.3 is 0 Å². The van der Waals surface area contributed by atoms with E-state index in [-0.39, 0.29) is 11.2 Å². The summed E-state index contributed by atoms with van der Waals surface area (Å²) in [5.74, 6) is 0.0944. The van der Waals surface area contributed by atoms with Crippen LogP contribution in [0.3, 0.4) is 0 Å². The van der Waals surface area contributed by atoms with Gasteiger partial charge in [-0.1, -0.05) is 24.3 Å². The maximum Gasteiger partial charge on any atom is 0.228 e. The van der Waals surface area contributed by atoms with E-state index in [1.165, 1.54) is 0 Å². The molecule has 1 saturated heterocycles. The van der Waals surface area contributed by atoms with Crippen molar-refractivity contribution in [2.24, 2.45) is 0 Å². The second-order valence-corrected chi connectivity index (χ2v) is 5.35. The molecular formula is C14H14N2OS. The highest BCUT2D eigenvalue weighted by Crippen LogP contribution is 2.32. The molecule has 0 aliphatic carbocycles. The Labute approximate surface area is 111 Å². The molecule has 92 valence electrons. The van der Waals surface area contributed by atoms with Crippen LogP contribution in [0.2, 0.25) is 0 Å². The molecule has 1 aliphatic heterocycles. The Hall–Kier alpha value is -1.68. The normalized spacial score (nSPS) is 19.7. The lowest BCUT2D eigenvalue weighted by atomic mass is 10.1. The molecular weight excluding hydrogens is 244 g/mol. The quantitative estimate of drug-likeness (QED) is 0.609. The van der Waals surface area contributed by atoms with Gasteiger partial charge < -0.3 is 10.6 Å². The summed E-state index contributed by atoms with van der Waals surface area (Å²) in [6, 6.07) is 11.9. The van der Waals surface area contributed by atoms with Crippen molar-refractivity contribution in [3.8, 4) is 0 Å². The van der Waals surface area contributed by atoms with Gasteiger partial charge in [0, 0.05) is 18.2 Å². The second-order valence-electron chi connectivity index (χ2n) is 4.62. The highest BCUT2D eigenvalue weighted by Gasteiger charge is 2.29. The largest absolute Gasteiger partial charge is 0.397 e. The predicted octanol–water partition coefficient (Wildman–Crippen LogP) is 2.46. The summed E-state index contributed by atoms with van der Waals surface area (Å²) in [6.45, 7) is 0.629. The van der Waals surface area contributed by atoms with Crippen LogP contribution >= 0.6 is 12.6 Å². The van der Waals surface area contributed by atoms with Crippen LogP contribution in [-0.4, -0.2) is 17.7 Å². The Morgan fingerprint density at radius 2 is 1.89 bits per heavy atom. The zero-order valence-electron chi connectivity index (χ0n) is 9.84. The Kier molecular flexibility index (Phi) is 2.67. The number of nitrogens with zero attached hydrogens (tertiary/aromatic N) is 1. The number of hydrogen-bond acceptors (Lipinski definition) is 3. The first kappa shape index (κ1) is 11.4. The van der Waals surface area contributed by atoms with E-state index in [4.69, 9.17) is 5.73 Å². The molecule has 4 heteroatoms. The van der Waals surface area contributed by atoms with Crippen LogP contribution in [0.1, 0.15) is 6.42 Å². The van der Waals surface area contributed by atoms with Gasteiger partial charge in [0.25, 0.3) is 0 Å². The molecule has 3 rings (SSSR count). The van der Waals surface area contributed by atoms with Crippen LogP contribution in [0.4, 0.5) is 11.4 Å². The number of hydrogen-bond donors (Lipinski definition) is 2. The van der Waals surface area contributed by atoms with Crippen molar-refractivity contribution in [3.63, 3.8) is 0 Å². The molecule has 1 aliphatic rings. The molecule has 0 saturated carbocycles. The van der Waals surface area contributed by atoms with Gasteiger partial charge in [0.05, 0.1) is 11.4 Å². The number of fused-ring (bicyclic) bond motifs is 1. The van der Waals surface area contributed by atoms with Crippen LogP contribution < -0.4 is 10.6 Å². The second kappa shape index (κ2) is 4.21. The van der Waals surface area contributed by atoms with Crippen LogP contribution in [0.5, 0.6) is 0 Å². The molecule has 1 amide bonds. The van der Waals surface area contributed by atoms with Crippen LogP contribution in [0.15, 0.2) is 36.4 Å². The summed E-state index contributed by atoms with van der Waals surface area (Å²) in [4.78, 5) is 13.6. The van der Waals surface area contributed by atoms with Crippen molar-refractivity contribution in [3.05, 3.63) is 36.4 Å². The molecule has 1 atom stereocenters. The van der Waals surface area contributed by atoms with Gasteiger partial charge in [0.2, 0.25) is 5.91 Å². The molecule has 2 aromatic rings. The molecule has 1 unspecified atom stereocenters. The predicted molar refractivity (Wildman–Crippen MR) is 78.1 cm³/mol. The molecule has 0 aromatic heterocycles. The van der Waals surface area contributed by atoms with E-state index in [1.54, 1.807) is 4.90 Å². The third-order valence-corrected chi connectivity index (χ3v) is 3.64. The molecule has 0 bridgehead atoms. The van der Waals surface area contributed by atoms with Gasteiger partial charge in [-0.25, -0.2) is 0 Å². The highest BCUT2D eigenvalue weighted by molar-refractivity contribution is 7.81. The Bertz CT molecular complexity index is 626. The zero-order valence-corrected chi connectivity index (χ0v) is 10.7. The lowest BCUT2D eigenvalue weighted by Crippen LogP contribution is -2.25. The first-order chi connectivity index (χ1) is 8.65. The summed E-state index contributed by atoms with van der Waals surface area (Å²) >= 11 is 4.37. The highest BCUT2D eigenvalue weighted by atomic mass is 32.1. The number of nitrogens with two attached hydrogens (primary N) is 1. The molecule has 18 heavy (non-hydrogen) atoms. The molecule has 0 radical (unpaired) electrons. The van der Waals surface area contributed by atoms with Crippen molar-refractivity contribution in [1.82, 2.24) is 0 Å². The van der Waals surface area contributed by atoms with E-state index in [9.17, 15) is 4.79 Å². The van der Waals surface area contributed by atoms with E-state index in [0.29, 0.717) is 18.7 Å². The van der Waals surface area contributed by atoms with Gasteiger partial charge in [-0.05, 0) is 22.9 Å². The van der Waals surface area contributed by atoms with Crippen molar-refractivity contribution in [2.45, 2.75) is 11.7 Å². The minimum Gasteiger partial charge on any atom is -0.397 e. The number of thiol groups is 1. The number of rotatable bonds is 1. The van der Waals surface area contributed by atoms with Crippen LogP contribution in [0, 0.1) is 0 Å². The molecule has 2 aromatic carbocycles. The SMILES string of the molecule is Nc1cc2ccccc2cc1N1CC(S)CC1=O. The minimum atomic E-state index is 0.0944. The summed E-state index contributed by atoms with van der Waals surface area (Å²) in [5.41, 5.74) is 7.50. The molecule has 2 N–H and O–H groups in total. The summed E-state index contributed by atoms with van der Waals surface area (Å²) in [6.07, 6.45) is 0.482. The third-order valence-electron chi connectivity index (χ3n) is 3.29. The monoisotopic (exact) mass is 258 g/mol. The maximum atomic E-state index is 11.9. The summed E-state index contributed by atoms with van der Waals surface area (Å²) in [7, 11) is 0. The maximum absolute atomic E-state index is 11.9. The van der Waals surface area contributed by atoms with Crippen molar-refractivity contribution in [2.75, 3.05) is 17.2 Å². The van der Waals surface area contributed by atoms with E-state index in [1.807, 2.05) is 36.4 Å². The van der Waals surface area contributed by atoms with Gasteiger partial charge in [-0.15, -0.1) is 0 Å². The fraction of sp³-hybridized carbons (Fsp3) is 0.214. The average Bonchev–Trinajstić information content (AvgIpc) is 2.67. The van der Waals surface area contributed by atoms with Crippen LogP contribution in [0.25, 0.3) is 10.8 Å². The molecule has 1 fully saturated rings. The first-order valence-corrected chi connectivity index (χ1v) is 6.43. The Morgan fingerprint density at radius 1 is 1.22 bits per heavy atom. The van der Waals surface area contributed by atoms with Gasteiger partial charge in [-0.2, -0.15) is 12.6 Å². The molecule has 0 spiro atoms. The van der Waals surface area contributed by atoms with Crippen LogP contribution in [-0.2, 0) is 4.79 Å². The number of carbonyl (C=O) groups is 1. The lowest BCUT2D eigenvalue weighted by Gasteiger charge is -2.19. The summed E-state index contributed by atoms with van der Waals surface area (Å²) < 4.78 is 0. The fourth-order valence-corrected chi connectivity index (χ4v) is 2.72. The molecule has 1 heterocycles. The molecule has 3 nitrogen and oxygen atoms in total. The number of benzene rings is 2. The topological polar surface area (TPSA) is 46.3 Å². The Balaban J connectivity index is 2.11. The van der Waals surface area contributed by atoms with E-state index < -0.39 is 0 Å². The average molecular weight is 258 g/mol. The van der Waals surface area contributed by atoms with E-state index in [0.717, 1.165) is 16.5 Å². The van der Waals surface area contributed by atoms with Crippen molar-refractivity contribution in [1.29, 1.82) is 0 Å². The Morgan fingerprint density at radius 3 is 2.50 bits per heavy atom. The zero-order chi connectivity index (χ0) is 12.7. The minimum absolute atomic E-state index is 0.0944. The number of carbonyl (C=O) groups excluding carboxylic acids is 1. The summed E-state index contributed by atoms with van der Waals surface area (Å²) in [5, 5.41) is 2.29. The van der Waals surface area contributed by atoms with E-state index >= 15 is 0 Å². The third kappa shape index (κ3) is 1.82. The van der Waals surface area contributed by atoms with Crippen molar-refractivity contribution >= 4 is 40.7 Å². The number of anilines is 2. The van der Waals surface area contributed by atoms with Gasteiger partial charge in [-0.3, -0.25) is 4.79 Å². The first-order valence-electron chi connectivity index (χ1n) is 5.92. The number of nitrogen functional groups attached to an aromatic ring is 1. The lowest BCUT2D eigenvalue weighted by molar-refractivity contribution is -0.117. The smallest absolute Gasteiger partial charge is 0.228 e. The van der Waals surface area contributed by atoms with Gasteiger partial charge in [0.1, 0.15) is 0 Å². The standard InChI is InChI=1S/C14H14N2OS/c15-12-5-9-3-1-2-4-10(9)6-13(12)16-8-11(18)7-14(16)17/h1-6,11,18H,7-8,15H2. The fourth-order valence-electron chi connectivity index (χ4n) is 2.40.